The molecule has 17 heavy (non-hydrogen) atoms. The van der Waals surface area contributed by atoms with Gasteiger partial charge in [-0.05, 0) is 29.8 Å². The summed E-state index contributed by atoms with van der Waals surface area (Å²) in [6.07, 6.45) is 3.57. The summed E-state index contributed by atoms with van der Waals surface area (Å²) >= 11 is 3.15. The van der Waals surface area contributed by atoms with Crippen molar-refractivity contribution >= 4 is 21.8 Å². The van der Waals surface area contributed by atoms with Crippen molar-refractivity contribution in [3.63, 3.8) is 0 Å². The van der Waals surface area contributed by atoms with E-state index in [1.165, 1.54) is 12.1 Å². The Hall–Kier alpha value is -1.62. The van der Waals surface area contributed by atoms with Gasteiger partial charge in [-0.2, -0.15) is 0 Å². The Morgan fingerprint density at radius 1 is 1.41 bits per heavy atom. The second-order valence-corrected chi connectivity index (χ2v) is 4.48. The number of carbonyl (C=O) groups excluding carboxylic acids is 1. The first-order chi connectivity index (χ1) is 8.15. The molecule has 0 saturated carbocycles. The molecule has 1 aromatic carbocycles. The summed E-state index contributed by atoms with van der Waals surface area (Å²) in [5.74, 6) is -0.738. The molecule has 0 aliphatic carbocycles. The molecule has 2 aromatic rings. The van der Waals surface area contributed by atoms with Crippen LogP contribution < -0.4 is 5.32 Å². The summed E-state index contributed by atoms with van der Waals surface area (Å²) in [7, 11) is 0. The highest BCUT2D eigenvalue weighted by atomic mass is 79.9. The SMILES string of the molecule is O=C(NCc1cc[nH]c1)c1cc(F)cc(Br)c1. The van der Waals surface area contributed by atoms with E-state index in [2.05, 4.69) is 26.2 Å². The fourth-order valence-corrected chi connectivity index (χ4v) is 1.90. The van der Waals surface area contributed by atoms with E-state index < -0.39 is 5.82 Å². The number of aromatic nitrogens is 1. The third kappa shape index (κ3) is 3.17. The van der Waals surface area contributed by atoms with Crippen LogP contribution in [0, 0.1) is 5.82 Å². The predicted octanol–water partition coefficient (Wildman–Crippen LogP) is 2.85. The number of halogens is 2. The molecule has 1 heterocycles. The molecule has 1 amide bonds. The average Bonchev–Trinajstić information content (AvgIpc) is 2.77. The number of carbonyl (C=O) groups is 1. The Morgan fingerprint density at radius 3 is 2.88 bits per heavy atom. The van der Waals surface area contributed by atoms with Crippen LogP contribution >= 0.6 is 15.9 Å². The van der Waals surface area contributed by atoms with Crippen LogP contribution in [0.15, 0.2) is 41.1 Å². The van der Waals surface area contributed by atoms with Gasteiger partial charge >= 0.3 is 0 Å². The molecule has 0 radical (unpaired) electrons. The lowest BCUT2D eigenvalue weighted by molar-refractivity contribution is 0.0950. The lowest BCUT2D eigenvalue weighted by Gasteiger charge is -2.04. The highest BCUT2D eigenvalue weighted by molar-refractivity contribution is 9.10. The number of aromatic amines is 1. The molecule has 0 aliphatic rings. The molecular formula is C12H10BrFN2O. The van der Waals surface area contributed by atoms with Crippen LogP contribution in [0.2, 0.25) is 0 Å². The topological polar surface area (TPSA) is 44.9 Å². The van der Waals surface area contributed by atoms with Crippen LogP contribution in [0.3, 0.4) is 0 Å². The van der Waals surface area contributed by atoms with Crippen molar-refractivity contribution in [3.8, 4) is 0 Å². The minimum Gasteiger partial charge on any atom is -0.367 e. The van der Waals surface area contributed by atoms with E-state index in [4.69, 9.17) is 0 Å². The van der Waals surface area contributed by atoms with E-state index in [1.54, 1.807) is 18.5 Å². The Balaban J connectivity index is 2.04. The second kappa shape index (κ2) is 5.14. The van der Waals surface area contributed by atoms with Crippen LogP contribution in [-0.4, -0.2) is 10.9 Å². The Kier molecular flexibility index (Phi) is 3.58. The van der Waals surface area contributed by atoms with Crippen molar-refractivity contribution < 1.29 is 9.18 Å². The van der Waals surface area contributed by atoms with Crippen molar-refractivity contribution in [2.45, 2.75) is 6.54 Å². The molecule has 0 aliphatic heterocycles. The van der Waals surface area contributed by atoms with E-state index in [0.717, 1.165) is 5.56 Å². The first-order valence-corrected chi connectivity index (χ1v) is 5.80. The lowest BCUT2D eigenvalue weighted by Crippen LogP contribution is -2.22. The minimum atomic E-state index is -0.439. The van der Waals surface area contributed by atoms with Gasteiger partial charge in [0.1, 0.15) is 5.82 Å². The normalized spacial score (nSPS) is 10.2. The minimum absolute atomic E-state index is 0.299. The first-order valence-electron chi connectivity index (χ1n) is 5.01. The van der Waals surface area contributed by atoms with Gasteiger partial charge in [-0.15, -0.1) is 0 Å². The fraction of sp³-hybridized carbons (Fsp3) is 0.0833. The smallest absolute Gasteiger partial charge is 0.251 e. The number of hydrogen-bond acceptors (Lipinski definition) is 1. The molecule has 0 atom stereocenters. The molecule has 2 rings (SSSR count). The Bertz CT molecular complexity index is 505. The highest BCUT2D eigenvalue weighted by Crippen LogP contribution is 2.14. The molecule has 3 nitrogen and oxygen atoms in total. The maximum Gasteiger partial charge on any atom is 0.251 e. The van der Waals surface area contributed by atoms with Gasteiger partial charge in [0.25, 0.3) is 5.91 Å². The number of nitrogens with one attached hydrogen (secondary N) is 2. The van der Waals surface area contributed by atoms with Crippen LogP contribution in [0.1, 0.15) is 15.9 Å². The van der Waals surface area contributed by atoms with Gasteiger partial charge in [0, 0.05) is 29.0 Å². The third-order valence-corrected chi connectivity index (χ3v) is 2.70. The Morgan fingerprint density at radius 2 is 2.24 bits per heavy atom. The van der Waals surface area contributed by atoms with Gasteiger partial charge in [0.2, 0.25) is 0 Å². The Labute approximate surface area is 106 Å². The molecular weight excluding hydrogens is 287 g/mol. The summed E-state index contributed by atoms with van der Waals surface area (Å²) in [5.41, 5.74) is 1.27. The molecule has 88 valence electrons. The van der Waals surface area contributed by atoms with Crippen molar-refractivity contribution in [1.29, 1.82) is 0 Å². The molecule has 0 saturated heterocycles. The molecule has 0 fully saturated rings. The maximum atomic E-state index is 13.1. The van der Waals surface area contributed by atoms with Gasteiger partial charge in [0.05, 0.1) is 0 Å². The van der Waals surface area contributed by atoms with Crippen LogP contribution in [0.5, 0.6) is 0 Å². The highest BCUT2D eigenvalue weighted by Gasteiger charge is 2.07. The maximum absolute atomic E-state index is 13.1. The quantitative estimate of drug-likeness (QED) is 0.899. The molecule has 0 spiro atoms. The van der Waals surface area contributed by atoms with E-state index >= 15 is 0 Å². The molecule has 5 heteroatoms. The summed E-state index contributed by atoms with van der Waals surface area (Å²) in [6, 6.07) is 5.96. The van der Waals surface area contributed by atoms with E-state index in [0.29, 0.717) is 16.6 Å². The van der Waals surface area contributed by atoms with Crippen LogP contribution in [-0.2, 0) is 6.54 Å². The fourth-order valence-electron chi connectivity index (χ4n) is 1.44. The number of amides is 1. The average molecular weight is 297 g/mol. The second-order valence-electron chi connectivity index (χ2n) is 3.56. The van der Waals surface area contributed by atoms with Gasteiger partial charge in [-0.3, -0.25) is 4.79 Å². The zero-order chi connectivity index (χ0) is 12.3. The van der Waals surface area contributed by atoms with E-state index in [1.807, 2.05) is 6.07 Å². The lowest BCUT2D eigenvalue weighted by atomic mass is 10.2. The zero-order valence-corrected chi connectivity index (χ0v) is 10.4. The van der Waals surface area contributed by atoms with Crippen molar-refractivity contribution in [2.24, 2.45) is 0 Å². The standard InChI is InChI=1S/C12H10BrFN2O/c13-10-3-9(4-11(14)5-10)12(17)16-7-8-1-2-15-6-8/h1-6,15H,7H2,(H,16,17). The van der Waals surface area contributed by atoms with Gasteiger partial charge in [-0.25, -0.2) is 4.39 Å². The number of rotatable bonds is 3. The summed E-state index contributed by atoms with van der Waals surface area (Å²) in [6.45, 7) is 0.413. The van der Waals surface area contributed by atoms with Gasteiger partial charge in [0.15, 0.2) is 0 Å². The van der Waals surface area contributed by atoms with Gasteiger partial charge in [-0.1, -0.05) is 15.9 Å². The molecule has 1 aromatic heterocycles. The van der Waals surface area contributed by atoms with Crippen molar-refractivity contribution in [3.05, 3.63) is 58.1 Å². The zero-order valence-electron chi connectivity index (χ0n) is 8.84. The monoisotopic (exact) mass is 296 g/mol. The first kappa shape index (κ1) is 11.9. The largest absolute Gasteiger partial charge is 0.367 e. The van der Waals surface area contributed by atoms with Crippen molar-refractivity contribution in [2.75, 3.05) is 0 Å². The van der Waals surface area contributed by atoms with E-state index in [9.17, 15) is 9.18 Å². The van der Waals surface area contributed by atoms with Crippen molar-refractivity contribution in [1.82, 2.24) is 10.3 Å². The van der Waals surface area contributed by atoms with Gasteiger partial charge < -0.3 is 10.3 Å². The predicted molar refractivity (Wildman–Crippen MR) is 66.1 cm³/mol. The van der Waals surface area contributed by atoms with E-state index in [-0.39, 0.29) is 5.91 Å². The van der Waals surface area contributed by atoms with Crippen LogP contribution in [0.4, 0.5) is 4.39 Å². The summed E-state index contributed by atoms with van der Waals surface area (Å²) in [4.78, 5) is 14.6. The molecule has 0 unspecified atom stereocenters. The summed E-state index contributed by atoms with van der Waals surface area (Å²) < 4.78 is 13.6. The molecule has 0 bridgehead atoms. The summed E-state index contributed by atoms with van der Waals surface area (Å²) in [5, 5.41) is 2.71. The molecule has 2 N–H and O–H groups in total. The number of H-pyrrole nitrogens is 1. The number of hydrogen-bond donors (Lipinski definition) is 2. The number of benzene rings is 1. The van der Waals surface area contributed by atoms with Crippen LogP contribution in [0.25, 0.3) is 0 Å². The third-order valence-electron chi connectivity index (χ3n) is 2.24.